The molecule has 6 heteroatoms. The van der Waals surface area contributed by atoms with Crippen molar-refractivity contribution in [1.29, 1.82) is 0 Å². The molecule has 0 spiro atoms. The number of anilines is 2. The van der Waals surface area contributed by atoms with E-state index in [2.05, 4.69) is 21.2 Å². The number of nitrogens with one attached hydrogen (secondary N) is 3. The Morgan fingerprint density at radius 1 is 1.32 bits per heavy atom. The molecule has 1 aromatic heterocycles. The summed E-state index contributed by atoms with van der Waals surface area (Å²) in [6.45, 7) is 3.94. The molecule has 1 aliphatic rings. The number of benzene rings is 1. The molecule has 1 unspecified atom stereocenters. The molecule has 0 radical (unpaired) electrons. The summed E-state index contributed by atoms with van der Waals surface area (Å²) in [7, 11) is 0. The third-order valence-corrected chi connectivity index (χ3v) is 3.39. The Bertz CT molecular complexity index is 670. The third kappa shape index (κ3) is 2.87. The fourth-order valence-corrected chi connectivity index (χ4v) is 2.44. The van der Waals surface area contributed by atoms with Crippen LogP contribution in [-0.4, -0.2) is 17.5 Å². The van der Waals surface area contributed by atoms with Gasteiger partial charge in [-0.3, -0.25) is 4.79 Å². The van der Waals surface area contributed by atoms with Crippen LogP contribution in [0.15, 0.2) is 36.5 Å². The Labute approximate surface area is 128 Å². The summed E-state index contributed by atoms with van der Waals surface area (Å²) in [5.74, 6) is 0.612. The average molecular weight is 298 g/mol. The molecular weight excluding hydrogens is 280 g/mol. The van der Waals surface area contributed by atoms with Crippen LogP contribution >= 0.6 is 0 Å². The molecule has 0 fully saturated rings. The molecule has 1 aromatic carbocycles. The number of carbonyl (C=O) groups excluding carboxylic acids is 1. The van der Waals surface area contributed by atoms with E-state index >= 15 is 0 Å². The SMILES string of the molecule is CC(C)Oc1ccc(C2NNc3ccc(NC=O)cc32)cn1. The molecule has 1 amide bonds. The summed E-state index contributed by atoms with van der Waals surface area (Å²) in [5.41, 5.74) is 10.2. The highest BCUT2D eigenvalue weighted by Crippen LogP contribution is 2.34. The van der Waals surface area contributed by atoms with Crippen LogP contribution in [0, 0.1) is 0 Å². The molecule has 1 aliphatic heterocycles. The Morgan fingerprint density at radius 2 is 2.18 bits per heavy atom. The highest BCUT2D eigenvalue weighted by atomic mass is 16.5. The molecule has 0 aliphatic carbocycles. The fraction of sp³-hybridized carbons (Fsp3) is 0.250. The van der Waals surface area contributed by atoms with Gasteiger partial charge in [-0.1, -0.05) is 6.07 Å². The van der Waals surface area contributed by atoms with Crippen LogP contribution in [0.5, 0.6) is 5.88 Å². The van der Waals surface area contributed by atoms with E-state index in [1.165, 1.54) is 0 Å². The zero-order valence-electron chi connectivity index (χ0n) is 12.5. The molecule has 0 saturated heterocycles. The maximum atomic E-state index is 10.6. The van der Waals surface area contributed by atoms with Gasteiger partial charge >= 0.3 is 0 Å². The number of fused-ring (bicyclic) bond motifs is 1. The summed E-state index contributed by atoms with van der Waals surface area (Å²) < 4.78 is 5.56. The number of ether oxygens (including phenoxy) is 1. The van der Waals surface area contributed by atoms with E-state index in [1.807, 2.05) is 44.2 Å². The van der Waals surface area contributed by atoms with E-state index in [0.29, 0.717) is 12.3 Å². The summed E-state index contributed by atoms with van der Waals surface area (Å²) in [6, 6.07) is 9.55. The van der Waals surface area contributed by atoms with Crippen molar-refractivity contribution in [2.75, 3.05) is 10.7 Å². The van der Waals surface area contributed by atoms with E-state index in [-0.39, 0.29) is 12.1 Å². The van der Waals surface area contributed by atoms with Crippen molar-refractivity contribution in [3.63, 3.8) is 0 Å². The first-order chi connectivity index (χ1) is 10.7. The smallest absolute Gasteiger partial charge is 0.213 e. The number of hydrogen-bond donors (Lipinski definition) is 3. The molecule has 3 rings (SSSR count). The lowest BCUT2D eigenvalue weighted by atomic mass is 10.0. The average Bonchev–Trinajstić information content (AvgIpc) is 2.91. The van der Waals surface area contributed by atoms with Crippen LogP contribution < -0.4 is 20.9 Å². The van der Waals surface area contributed by atoms with Gasteiger partial charge < -0.3 is 15.5 Å². The van der Waals surface area contributed by atoms with E-state index in [1.54, 1.807) is 6.20 Å². The minimum atomic E-state index is -0.0241. The van der Waals surface area contributed by atoms with Crippen molar-refractivity contribution >= 4 is 17.8 Å². The van der Waals surface area contributed by atoms with Gasteiger partial charge in [0.15, 0.2) is 0 Å². The van der Waals surface area contributed by atoms with E-state index in [9.17, 15) is 4.79 Å². The second kappa shape index (κ2) is 6.03. The second-order valence-corrected chi connectivity index (χ2v) is 5.36. The van der Waals surface area contributed by atoms with Crippen LogP contribution in [0.25, 0.3) is 0 Å². The number of rotatable bonds is 5. The van der Waals surface area contributed by atoms with Gasteiger partial charge in [0.1, 0.15) is 0 Å². The molecular formula is C16H18N4O2. The first-order valence-electron chi connectivity index (χ1n) is 7.15. The molecule has 0 saturated carbocycles. The van der Waals surface area contributed by atoms with Crippen molar-refractivity contribution in [3.8, 4) is 5.88 Å². The van der Waals surface area contributed by atoms with Gasteiger partial charge in [-0.25, -0.2) is 10.4 Å². The molecule has 22 heavy (non-hydrogen) atoms. The molecule has 1 atom stereocenters. The quantitative estimate of drug-likeness (QED) is 0.739. The molecule has 2 heterocycles. The van der Waals surface area contributed by atoms with E-state index in [0.717, 1.165) is 22.5 Å². The van der Waals surface area contributed by atoms with Crippen LogP contribution in [0.4, 0.5) is 11.4 Å². The van der Waals surface area contributed by atoms with Crippen molar-refractivity contribution in [2.45, 2.75) is 26.0 Å². The van der Waals surface area contributed by atoms with Crippen LogP contribution in [-0.2, 0) is 4.79 Å². The van der Waals surface area contributed by atoms with Gasteiger partial charge in [-0.15, -0.1) is 0 Å². The summed E-state index contributed by atoms with van der Waals surface area (Å²) in [6.07, 6.45) is 2.57. The highest BCUT2D eigenvalue weighted by molar-refractivity contribution is 5.74. The number of hydrazine groups is 1. The standard InChI is InChI=1S/C16H18N4O2/c1-10(2)22-15-6-3-11(8-17-15)16-13-7-12(18-9-21)4-5-14(13)19-20-16/h3-10,16,19-20H,1-2H3,(H,18,21). The summed E-state index contributed by atoms with van der Waals surface area (Å²) in [5, 5.41) is 2.67. The molecule has 2 aromatic rings. The number of pyridine rings is 1. The minimum Gasteiger partial charge on any atom is -0.475 e. The third-order valence-electron chi connectivity index (χ3n) is 3.39. The molecule has 114 valence electrons. The van der Waals surface area contributed by atoms with Crippen molar-refractivity contribution in [3.05, 3.63) is 47.7 Å². The number of aromatic nitrogens is 1. The van der Waals surface area contributed by atoms with Crippen LogP contribution in [0.3, 0.4) is 0 Å². The van der Waals surface area contributed by atoms with Crippen molar-refractivity contribution in [2.24, 2.45) is 0 Å². The van der Waals surface area contributed by atoms with E-state index in [4.69, 9.17) is 4.74 Å². The lowest BCUT2D eigenvalue weighted by Crippen LogP contribution is -2.19. The predicted octanol–water partition coefficient (Wildman–Crippen LogP) is 2.46. The second-order valence-electron chi connectivity index (χ2n) is 5.36. The normalized spacial score (nSPS) is 16.0. The van der Waals surface area contributed by atoms with Crippen molar-refractivity contribution < 1.29 is 9.53 Å². The maximum Gasteiger partial charge on any atom is 0.213 e. The summed E-state index contributed by atoms with van der Waals surface area (Å²) in [4.78, 5) is 14.9. The first kappa shape index (κ1) is 14.3. The lowest BCUT2D eigenvalue weighted by molar-refractivity contribution is -0.105. The van der Waals surface area contributed by atoms with Gasteiger partial charge in [0.25, 0.3) is 0 Å². The Hall–Kier alpha value is -2.60. The van der Waals surface area contributed by atoms with Crippen molar-refractivity contribution in [1.82, 2.24) is 10.4 Å². The largest absolute Gasteiger partial charge is 0.475 e. The van der Waals surface area contributed by atoms with Crippen LogP contribution in [0.2, 0.25) is 0 Å². The number of hydrogen-bond acceptors (Lipinski definition) is 5. The Balaban J connectivity index is 1.85. The number of carbonyl (C=O) groups is 1. The Morgan fingerprint density at radius 3 is 2.86 bits per heavy atom. The monoisotopic (exact) mass is 298 g/mol. The molecule has 3 N–H and O–H groups in total. The number of nitrogens with zero attached hydrogens (tertiary/aromatic N) is 1. The summed E-state index contributed by atoms with van der Waals surface area (Å²) >= 11 is 0. The zero-order valence-corrected chi connectivity index (χ0v) is 12.5. The Kier molecular flexibility index (Phi) is 3.93. The topological polar surface area (TPSA) is 75.3 Å². The molecule has 6 nitrogen and oxygen atoms in total. The van der Waals surface area contributed by atoms with Gasteiger partial charge in [0.05, 0.1) is 17.8 Å². The highest BCUT2D eigenvalue weighted by Gasteiger charge is 2.24. The van der Waals surface area contributed by atoms with Gasteiger partial charge in [0, 0.05) is 23.5 Å². The first-order valence-corrected chi connectivity index (χ1v) is 7.15. The predicted molar refractivity (Wildman–Crippen MR) is 84.7 cm³/mol. The van der Waals surface area contributed by atoms with Crippen LogP contribution in [0.1, 0.15) is 31.0 Å². The fourth-order valence-electron chi connectivity index (χ4n) is 2.44. The van der Waals surface area contributed by atoms with E-state index < -0.39 is 0 Å². The number of amides is 1. The minimum absolute atomic E-state index is 0.0241. The van der Waals surface area contributed by atoms with Gasteiger partial charge in [-0.05, 0) is 37.6 Å². The molecule has 0 bridgehead atoms. The lowest BCUT2D eigenvalue weighted by Gasteiger charge is -2.13. The van der Waals surface area contributed by atoms with Gasteiger partial charge in [-0.2, -0.15) is 0 Å². The van der Waals surface area contributed by atoms with Gasteiger partial charge in [0.2, 0.25) is 12.3 Å². The maximum absolute atomic E-state index is 10.6. The zero-order chi connectivity index (χ0) is 15.5.